The summed E-state index contributed by atoms with van der Waals surface area (Å²) in [7, 11) is 0. The van der Waals surface area contributed by atoms with Gasteiger partial charge in [0.15, 0.2) is 0 Å². The van der Waals surface area contributed by atoms with Crippen molar-refractivity contribution >= 4 is 12.0 Å². The lowest BCUT2D eigenvalue weighted by Crippen LogP contribution is -2.55. The van der Waals surface area contributed by atoms with Crippen LogP contribution in [0, 0.1) is 17.8 Å². The van der Waals surface area contributed by atoms with E-state index in [0.29, 0.717) is 30.7 Å². The predicted molar refractivity (Wildman–Crippen MR) is 76.0 cm³/mol. The summed E-state index contributed by atoms with van der Waals surface area (Å²) in [6.07, 6.45) is 0.341. The van der Waals surface area contributed by atoms with E-state index in [9.17, 15) is 9.59 Å². The Hall–Kier alpha value is -1.26. The number of nitrogens with one attached hydrogen (secondary N) is 2. The van der Waals surface area contributed by atoms with Gasteiger partial charge in [-0.2, -0.15) is 0 Å². The molecule has 0 saturated carbocycles. The van der Waals surface area contributed by atoms with Crippen LogP contribution in [0.25, 0.3) is 0 Å². The minimum Gasteiger partial charge on any atom is -0.480 e. The lowest BCUT2D eigenvalue weighted by Gasteiger charge is -2.28. The number of rotatable bonds is 7. The van der Waals surface area contributed by atoms with Crippen LogP contribution in [-0.4, -0.2) is 29.2 Å². The summed E-state index contributed by atoms with van der Waals surface area (Å²) < 4.78 is 0. The lowest BCUT2D eigenvalue weighted by atomic mass is 9.85. The molecule has 0 heterocycles. The van der Waals surface area contributed by atoms with Crippen molar-refractivity contribution in [1.82, 2.24) is 10.6 Å². The van der Waals surface area contributed by atoms with Crippen LogP contribution in [0.5, 0.6) is 0 Å². The van der Waals surface area contributed by atoms with Crippen LogP contribution in [-0.2, 0) is 4.79 Å². The highest BCUT2D eigenvalue weighted by Crippen LogP contribution is 2.19. The van der Waals surface area contributed by atoms with Gasteiger partial charge in [-0.15, -0.1) is 0 Å². The molecule has 112 valence electrons. The number of hydrogen-bond donors (Lipinski definition) is 3. The summed E-state index contributed by atoms with van der Waals surface area (Å²) in [4.78, 5) is 22.9. The fraction of sp³-hybridized carbons (Fsp3) is 0.857. The van der Waals surface area contributed by atoms with E-state index in [-0.39, 0.29) is 0 Å². The van der Waals surface area contributed by atoms with Gasteiger partial charge in [-0.05, 0) is 31.1 Å². The minimum atomic E-state index is -1.21. The first-order valence-corrected chi connectivity index (χ1v) is 6.93. The van der Waals surface area contributed by atoms with Gasteiger partial charge in [-0.1, -0.05) is 34.6 Å². The second-order valence-electron chi connectivity index (χ2n) is 5.98. The summed E-state index contributed by atoms with van der Waals surface area (Å²) >= 11 is 0. The van der Waals surface area contributed by atoms with Gasteiger partial charge in [0.25, 0.3) is 0 Å². The molecule has 0 aliphatic carbocycles. The molecule has 2 amide bonds. The smallest absolute Gasteiger partial charge is 0.329 e. The molecule has 0 aromatic rings. The first-order chi connectivity index (χ1) is 8.64. The van der Waals surface area contributed by atoms with Crippen molar-refractivity contribution in [1.29, 1.82) is 0 Å². The molecule has 3 N–H and O–H groups in total. The van der Waals surface area contributed by atoms with Gasteiger partial charge in [0.1, 0.15) is 5.54 Å². The molecule has 1 unspecified atom stereocenters. The number of carbonyl (C=O) groups is 2. The summed E-state index contributed by atoms with van der Waals surface area (Å²) in [5.74, 6) is 0.299. The molecule has 19 heavy (non-hydrogen) atoms. The Kier molecular flexibility index (Phi) is 6.87. The molecule has 0 saturated heterocycles. The van der Waals surface area contributed by atoms with E-state index in [1.807, 2.05) is 0 Å². The molecule has 0 aromatic carbocycles. The second kappa shape index (κ2) is 7.36. The fourth-order valence-electron chi connectivity index (χ4n) is 2.04. The van der Waals surface area contributed by atoms with Gasteiger partial charge < -0.3 is 15.7 Å². The Balaban J connectivity index is 4.43. The normalized spacial score (nSPS) is 14.6. The third-order valence-electron chi connectivity index (χ3n) is 3.78. The van der Waals surface area contributed by atoms with Gasteiger partial charge in [0, 0.05) is 6.54 Å². The third kappa shape index (κ3) is 5.49. The average molecular weight is 272 g/mol. The van der Waals surface area contributed by atoms with E-state index in [2.05, 4.69) is 38.3 Å². The van der Waals surface area contributed by atoms with Crippen molar-refractivity contribution in [3.63, 3.8) is 0 Å². The molecule has 0 rings (SSSR count). The Morgan fingerprint density at radius 1 is 1.16 bits per heavy atom. The number of carboxylic acids is 1. The van der Waals surface area contributed by atoms with Crippen molar-refractivity contribution < 1.29 is 14.7 Å². The summed E-state index contributed by atoms with van der Waals surface area (Å²) in [6.45, 7) is 12.3. The highest BCUT2D eigenvalue weighted by molar-refractivity contribution is 5.85. The van der Waals surface area contributed by atoms with Crippen LogP contribution in [0.1, 0.15) is 48.0 Å². The first-order valence-electron chi connectivity index (χ1n) is 6.93. The maximum absolute atomic E-state index is 11.8. The maximum atomic E-state index is 11.8. The van der Waals surface area contributed by atoms with E-state index in [1.165, 1.54) is 6.92 Å². The molecule has 5 heteroatoms. The Labute approximate surface area is 116 Å². The zero-order chi connectivity index (χ0) is 15.2. The molecule has 0 spiro atoms. The Bertz CT molecular complexity index is 308. The Morgan fingerprint density at radius 3 is 1.95 bits per heavy atom. The van der Waals surface area contributed by atoms with Crippen LogP contribution < -0.4 is 10.6 Å². The molecule has 0 radical (unpaired) electrons. The number of hydrogen-bond acceptors (Lipinski definition) is 2. The van der Waals surface area contributed by atoms with Crippen molar-refractivity contribution in [3.05, 3.63) is 0 Å². The van der Waals surface area contributed by atoms with Crippen molar-refractivity contribution in [2.75, 3.05) is 6.54 Å². The molecular formula is C14H28N2O3. The largest absolute Gasteiger partial charge is 0.480 e. The van der Waals surface area contributed by atoms with Gasteiger partial charge in [-0.3, -0.25) is 0 Å². The van der Waals surface area contributed by atoms with Gasteiger partial charge in [0.05, 0.1) is 0 Å². The van der Waals surface area contributed by atoms with Crippen molar-refractivity contribution in [3.8, 4) is 0 Å². The van der Waals surface area contributed by atoms with E-state index in [4.69, 9.17) is 5.11 Å². The van der Waals surface area contributed by atoms with E-state index in [1.54, 1.807) is 6.92 Å². The number of amides is 2. The molecule has 0 aliphatic heterocycles. The van der Waals surface area contributed by atoms with Crippen LogP contribution in [0.15, 0.2) is 0 Å². The van der Waals surface area contributed by atoms with Crippen LogP contribution in [0.4, 0.5) is 4.79 Å². The number of carbonyl (C=O) groups excluding carboxylic acids is 1. The molecule has 5 nitrogen and oxygen atoms in total. The van der Waals surface area contributed by atoms with Gasteiger partial charge >= 0.3 is 12.0 Å². The van der Waals surface area contributed by atoms with Gasteiger partial charge in [0.2, 0.25) is 0 Å². The van der Waals surface area contributed by atoms with E-state index < -0.39 is 17.5 Å². The molecule has 0 aromatic heterocycles. The maximum Gasteiger partial charge on any atom is 0.329 e. The molecule has 1 atom stereocenters. The number of urea groups is 1. The van der Waals surface area contributed by atoms with Crippen LogP contribution >= 0.6 is 0 Å². The van der Waals surface area contributed by atoms with Crippen LogP contribution in [0.2, 0.25) is 0 Å². The van der Waals surface area contributed by atoms with Crippen molar-refractivity contribution in [2.24, 2.45) is 17.8 Å². The Morgan fingerprint density at radius 2 is 1.63 bits per heavy atom. The number of carboxylic acid groups (broad SMARTS) is 1. The van der Waals surface area contributed by atoms with Crippen LogP contribution in [0.3, 0.4) is 0 Å². The molecular weight excluding hydrogens is 244 g/mol. The monoisotopic (exact) mass is 272 g/mol. The van der Waals surface area contributed by atoms with Crippen molar-refractivity contribution in [2.45, 2.75) is 53.5 Å². The second-order valence-corrected chi connectivity index (χ2v) is 5.98. The topological polar surface area (TPSA) is 78.4 Å². The number of aliphatic carboxylic acids is 1. The molecule has 0 bridgehead atoms. The highest BCUT2D eigenvalue weighted by atomic mass is 16.4. The quantitative estimate of drug-likeness (QED) is 0.666. The third-order valence-corrected chi connectivity index (χ3v) is 3.78. The van der Waals surface area contributed by atoms with Gasteiger partial charge in [-0.25, -0.2) is 9.59 Å². The molecule has 0 fully saturated rings. The first kappa shape index (κ1) is 17.7. The van der Waals surface area contributed by atoms with E-state index in [0.717, 1.165) is 0 Å². The zero-order valence-electron chi connectivity index (χ0n) is 12.9. The summed E-state index contributed by atoms with van der Waals surface area (Å²) in [5.41, 5.74) is -1.21. The standard InChI is InChI=1S/C14H28N2O3/c1-7-14(6,12(17)18)16-13(19)15-8-11(9(2)3)10(4)5/h9-11H,7-8H2,1-6H3,(H,17,18)(H2,15,16,19). The fourth-order valence-corrected chi connectivity index (χ4v) is 2.04. The molecule has 0 aliphatic rings. The summed E-state index contributed by atoms with van der Waals surface area (Å²) in [5, 5.41) is 14.4. The zero-order valence-corrected chi connectivity index (χ0v) is 12.9. The SMILES string of the molecule is CCC(C)(NC(=O)NCC(C(C)C)C(C)C)C(=O)O. The van der Waals surface area contributed by atoms with E-state index >= 15 is 0 Å². The minimum absolute atomic E-state index is 0.341. The summed E-state index contributed by atoms with van der Waals surface area (Å²) in [6, 6.07) is -0.418. The lowest BCUT2D eigenvalue weighted by molar-refractivity contribution is -0.143. The predicted octanol–water partition coefficient (Wildman–Crippen LogP) is 2.47. The average Bonchev–Trinajstić information content (AvgIpc) is 2.27. The highest BCUT2D eigenvalue weighted by Gasteiger charge is 2.32.